The molecule has 8 rings (SSSR count). The second kappa shape index (κ2) is 14.2. The van der Waals surface area contributed by atoms with Gasteiger partial charge < -0.3 is 0 Å². The Balaban J connectivity index is 1.15. The Kier molecular flexibility index (Phi) is 8.88. The van der Waals surface area contributed by atoms with E-state index in [0.717, 1.165) is 79.6 Å². The fraction of sp³-hybridized carbons (Fsp3) is 0.111. The van der Waals surface area contributed by atoms with Crippen LogP contribution in [0.15, 0.2) is 157 Å². The maximum atomic E-state index is 5.15. The molecule has 6 heteroatoms. The van der Waals surface area contributed by atoms with E-state index in [0.29, 0.717) is 17.5 Å². The number of benzene rings is 4. The Morgan fingerprint density at radius 1 is 0.588 bits per heavy atom. The van der Waals surface area contributed by atoms with E-state index < -0.39 is 0 Å². The molecule has 0 fully saturated rings. The highest BCUT2D eigenvalue weighted by Gasteiger charge is 2.17. The molecule has 0 amide bonds. The normalized spacial score (nSPS) is 13.7. The molecule has 0 N–H and O–H groups in total. The molecule has 4 aromatic carbocycles. The number of rotatable bonds is 8. The van der Waals surface area contributed by atoms with E-state index in [1.807, 2.05) is 73.8 Å². The lowest BCUT2D eigenvalue weighted by Crippen LogP contribution is -2.06. The number of pyridine rings is 2. The zero-order valence-electron chi connectivity index (χ0n) is 28.6. The van der Waals surface area contributed by atoms with E-state index in [1.165, 1.54) is 0 Å². The zero-order valence-corrected chi connectivity index (χ0v) is 28.6. The number of aliphatic imine (C=N–C) groups is 1. The summed E-state index contributed by atoms with van der Waals surface area (Å²) in [6.07, 6.45) is 14.1. The average Bonchev–Trinajstić information content (AvgIpc) is 3.20. The minimum atomic E-state index is -0.00489. The first kappa shape index (κ1) is 31.8. The first-order chi connectivity index (χ1) is 25.1. The van der Waals surface area contributed by atoms with Crippen LogP contribution in [-0.2, 0) is 0 Å². The van der Waals surface area contributed by atoms with Crippen LogP contribution in [0.4, 0.5) is 0 Å². The lowest BCUT2D eigenvalue weighted by atomic mass is 9.99. The van der Waals surface area contributed by atoms with Gasteiger partial charge in [0.1, 0.15) is 5.82 Å². The van der Waals surface area contributed by atoms with E-state index >= 15 is 0 Å². The van der Waals surface area contributed by atoms with Gasteiger partial charge in [-0.3, -0.25) is 4.99 Å². The van der Waals surface area contributed by atoms with Crippen molar-refractivity contribution in [1.82, 2.24) is 24.9 Å². The molecule has 0 aliphatic carbocycles. The van der Waals surface area contributed by atoms with Gasteiger partial charge in [0, 0.05) is 39.6 Å². The van der Waals surface area contributed by atoms with Crippen LogP contribution in [-0.4, -0.2) is 30.6 Å². The third-order valence-corrected chi connectivity index (χ3v) is 9.13. The van der Waals surface area contributed by atoms with Gasteiger partial charge in [0.15, 0.2) is 11.6 Å². The Labute approximate surface area is 297 Å². The molecule has 1 unspecified atom stereocenters. The van der Waals surface area contributed by atoms with Crippen LogP contribution in [0.1, 0.15) is 44.1 Å². The Morgan fingerprint density at radius 3 is 2.16 bits per heavy atom. The van der Waals surface area contributed by atoms with Gasteiger partial charge in [-0.05, 0) is 61.2 Å². The molecular weight excluding hydrogens is 625 g/mol. The predicted octanol–water partition coefficient (Wildman–Crippen LogP) is 11.0. The van der Waals surface area contributed by atoms with Gasteiger partial charge in [0.2, 0.25) is 0 Å². The van der Waals surface area contributed by atoms with Gasteiger partial charge >= 0.3 is 0 Å². The monoisotopic (exact) mass is 660 g/mol. The van der Waals surface area contributed by atoms with E-state index in [9.17, 15) is 0 Å². The van der Waals surface area contributed by atoms with Crippen molar-refractivity contribution < 1.29 is 0 Å². The molecule has 3 aromatic heterocycles. The maximum Gasteiger partial charge on any atom is 0.164 e. The van der Waals surface area contributed by atoms with Gasteiger partial charge in [-0.2, -0.15) is 0 Å². The third-order valence-electron chi connectivity index (χ3n) is 9.13. The summed E-state index contributed by atoms with van der Waals surface area (Å²) in [4.78, 5) is 29.6. The van der Waals surface area contributed by atoms with Gasteiger partial charge in [0.25, 0.3) is 0 Å². The van der Waals surface area contributed by atoms with Crippen LogP contribution < -0.4 is 0 Å². The van der Waals surface area contributed by atoms with Gasteiger partial charge in [0.05, 0.1) is 28.1 Å². The number of fused-ring (bicyclic) bond motifs is 2. The van der Waals surface area contributed by atoms with Crippen LogP contribution in [0, 0.1) is 0 Å². The van der Waals surface area contributed by atoms with Crippen LogP contribution in [0.3, 0.4) is 0 Å². The topological polar surface area (TPSA) is 76.8 Å². The van der Waals surface area contributed by atoms with Crippen molar-refractivity contribution in [1.29, 1.82) is 0 Å². The molecule has 1 atom stereocenters. The van der Waals surface area contributed by atoms with Crippen molar-refractivity contribution in [2.24, 2.45) is 4.99 Å². The van der Waals surface area contributed by atoms with E-state index in [2.05, 4.69) is 96.9 Å². The SMILES string of the molecule is C/C=C\C=C/C(C)c1nc(-c2ccccc2)nc(-c2ccccc2-c2ccc3cc(-c4ccc5ccc(C6=NC=CCC6)nc5c4)ccc3n2)n1. The summed E-state index contributed by atoms with van der Waals surface area (Å²) < 4.78 is 0. The molecule has 1 aliphatic rings. The highest BCUT2D eigenvalue weighted by molar-refractivity contribution is 6.01. The summed E-state index contributed by atoms with van der Waals surface area (Å²) in [5.41, 5.74) is 9.78. The van der Waals surface area contributed by atoms with E-state index in [-0.39, 0.29) is 5.92 Å². The quantitative estimate of drug-likeness (QED) is 0.152. The van der Waals surface area contributed by atoms with E-state index in [1.54, 1.807) is 0 Å². The molecule has 4 heterocycles. The molecule has 6 nitrogen and oxygen atoms in total. The first-order valence-corrected chi connectivity index (χ1v) is 17.4. The fourth-order valence-electron chi connectivity index (χ4n) is 6.37. The molecule has 0 spiro atoms. The Bertz CT molecular complexity index is 2510. The Hall–Kier alpha value is -6.40. The summed E-state index contributed by atoms with van der Waals surface area (Å²) in [6.45, 7) is 4.11. The highest BCUT2D eigenvalue weighted by atomic mass is 15.0. The van der Waals surface area contributed by atoms with Crippen molar-refractivity contribution in [2.45, 2.75) is 32.6 Å². The van der Waals surface area contributed by atoms with Gasteiger partial charge in [-0.15, -0.1) is 0 Å². The third kappa shape index (κ3) is 6.77. The minimum Gasteiger partial charge on any atom is -0.259 e. The Morgan fingerprint density at radius 2 is 1.31 bits per heavy atom. The maximum absolute atomic E-state index is 5.15. The summed E-state index contributed by atoms with van der Waals surface area (Å²) >= 11 is 0. The smallest absolute Gasteiger partial charge is 0.164 e. The van der Waals surface area contributed by atoms with Crippen LogP contribution in [0.2, 0.25) is 0 Å². The number of allylic oxidation sites excluding steroid dienone is 5. The molecule has 0 saturated heterocycles. The zero-order chi connectivity index (χ0) is 34.6. The number of hydrogen-bond donors (Lipinski definition) is 0. The first-order valence-electron chi connectivity index (χ1n) is 17.4. The molecule has 51 heavy (non-hydrogen) atoms. The molecule has 0 radical (unpaired) electrons. The van der Waals surface area contributed by atoms with Crippen molar-refractivity contribution >= 4 is 27.5 Å². The summed E-state index contributed by atoms with van der Waals surface area (Å²) in [7, 11) is 0. The number of nitrogens with zero attached hydrogens (tertiary/aromatic N) is 6. The number of aromatic nitrogens is 5. The van der Waals surface area contributed by atoms with Gasteiger partial charge in [-0.1, -0.05) is 122 Å². The van der Waals surface area contributed by atoms with Crippen LogP contribution >= 0.6 is 0 Å². The summed E-state index contributed by atoms with van der Waals surface area (Å²) in [5.74, 6) is 1.98. The van der Waals surface area contributed by atoms with Crippen molar-refractivity contribution in [3.63, 3.8) is 0 Å². The molecule has 246 valence electrons. The lowest BCUT2D eigenvalue weighted by Gasteiger charge is -2.13. The molecule has 1 aliphatic heterocycles. The highest BCUT2D eigenvalue weighted by Crippen LogP contribution is 2.33. The molecule has 0 bridgehead atoms. The average molecular weight is 661 g/mol. The minimum absolute atomic E-state index is 0.00489. The summed E-state index contributed by atoms with van der Waals surface area (Å²) in [6, 6.07) is 39.6. The second-order valence-corrected chi connectivity index (χ2v) is 12.7. The van der Waals surface area contributed by atoms with Gasteiger partial charge in [-0.25, -0.2) is 24.9 Å². The molecule has 0 saturated carbocycles. The molecule has 7 aromatic rings. The summed E-state index contributed by atoms with van der Waals surface area (Å²) in [5, 5.41) is 2.18. The van der Waals surface area contributed by atoms with Crippen molar-refractivity contribution in [3.05, 3.63) is 163 Å². The predicted molar refractivity (Wildman–Crippen MR) is 209 cm³/mol. The standard InChI is InChI=1S/C45H36N6/c1-3-4-6-13-30(2)43-49-44(32-14-7-5-8-15-32)51-45(50-43)37-17-10-9-16-36(37)39-25-23-35-28-33(22-24-38(35)47-39)34-20-19-31-21-26-41(48-42(31)29-34)40-18-11-12-27-46-40/h3-10,12-17,19-30H,11,18H2,1-2H3/b4-3-,13-6-. The van der Waals surface area contributed by atoms with Crippen LogP contribution in [0.5, 0.6) is 0 Å². The second-order valence-electron chi connectivity index (χ2n) is 12.7. The van der Waals surface area contributed by atoms with Crippen molar-refractivity contribution in [2.75, 3.05) is 0 Å². The van der Waals surface area contributed by atoms with Crippen molar-refractivity contribution in [3.8, 4) is 45.2 Å². The largest absolute Gasteiger partial charge is 0.259 e. The fourth-order valence-corrected chi connectivity index (χ4v) is 6.37. The lowest BCUT2D eigenvalue weighted by molar-refractivity contribution is 0.828. The molecular formula is C45H36N6. The van der Waals surface area contributed by atoms with Crippen LogP contribution in [0.25, 0.3) is 67.0 Å². The number of hydrogen-bond acceptors (Lipinski definition) is 6. The van der Waals surface area contributed by atoms with E-state index in [4.69, 9.17) is 24.9 Å².